The molecule has 6 nitrogen and oxygen atoms in total. The second-order valence-corrected chi connectivity index (χ2v) is 4.77. The van der Waals surface area contributed by atoms with E-state index in [1.807, 2.05) is 6.07 Å². The molecule has 1 heterocycles. The Bertz CT molecular complexity index is 719. The average molecular weight is 302 g/mol. The number of aromatic nitrogens is 1. The molecule has 0 radical (unpaired) electrons. The monoisotopic (exact) mass is 302 g/mol. The first-order chi connectivity index (χ1) is 10.5. The number of nitrogens with one attached hydrogen (secondary N) is 2. The van der Waals surface area contributed by atoms with Crippen molar-refractivity contribution in [2.24, 2.45) is 0 Å². The third-order valence-electron chi connectivity index (χ3n) is 3.41. The van der Waals surface area contributed by atoms with Crippen LogP contribution in [0.1, 0.15) is 32.1 Å². The number of amides is 1. The number of H-pyrrole nitrogens is 1. The van der Waals surface area contributed by atoms with Crippen molar-refractivity contribution in [1.29, 1.82) is 0 Å². The summed E-state index contributed by atoms with van der Waals surface area (Å²) in [7, 11) is 2.84. The molecule has 1 aromatic heterocycles. The maximum Gasteiger partial charge on any atom is 0.339 e. The van der Waals surface area contributed by atoms with E-state index in [9.17, 15) is 9.59 Å². The number of para-hydroxylation sites is 2. The fraction of sp³-hybridized carbons (Fsp3) is 0.250. The lowest BCUT2D eigenvalue weighted by Crippen LogP contribution is -2.14. The molecular weight excluding hydrogens is 284 g/mol. The number of aromatic amines is 1. The number of carbonyl (C=O) groups is 2. The number of ether oxygens (including phenoxy) is 2. The van der Waals surface area contributed by atoms with Crippen LogP contribution in [0, 0.1) is 13.8 Å². The van der Waals surface area contributed by atoms with Crippen molar-refractivity contribution in [2.75, 3.05) is 19.5 Å². The van der Waals surface area contributed by atoms with Gasteiger partial charge in [0.15, 0.2) is 0 Å². The van der Waals surface area contributed by atoms with Crippen LogP contribution in [0.3, 0.4) is 0 Å². The smallest absolute Gasteiger partial charge is 0.339 e. The lowest BCUT2D eigenvalue weighted by molar-refractivity contribution is 0.0599. The summed E-state index contributed by atoms with van der Waals surface area (Å²) in [6, 6.07) is 7.10. The van der Waals surface area contributed by atoms with Crippen molar-refractivity contribution >= 4 is 17.6 Å². The van der Waals surface area contributed by atoms with Gasteiger partial charge in [-0.1, -0.05) is 12.1 Å². The summed E-state index contributed by atoms with van der Waals surface area (Å²) >= 11 is 0. The molecule has 0 unspecified atom stereocenters. The molecule has 2 rings (SSSR count). The molecule has 0 aliphatic rings. The molecule has 0 bridgehead atoms. The number of rotatable bonds is 4. The zero-order valence-electron chi connectivity index (χ0n) is 12.9. The van der Waals surface area contributed by atoms with E-state index in [4.69, 9.17) is 9.47 Å². The topological polar surface area (TPSA) is 80.4 Å². The highest BCUT2D eigenvalue weighted by Gasteiger charge is 2.22. The van der Waals surface area contributed by atoms with Crippen LogP contribution in [0.25, 0.3) is 0 Å². The van der Waals surface area contributed by atoms with Crippen molar-refractivity contribution in [1.82, 2.24) is 4.98 Å². The minimum Gasteiger partial charge on any atom is -0.495 e. The Balaban J connectivity index is 2.33. The van der Waals surface area contributed by atoms with E-state index < -0.39 is 5.97 Å². The number of carbonyl (C=O) groups excluding carboxylic acids is 2. The van der Waals surface area contributed by atoms with E-state index in [1.54, 1.807) is 32.0 Å². The Labute approximate surface area is 128 Å². The second-order valence-electron chi connectivity index (χ2n) is 4.77. The molecule has 0 aliphatic heterocycles. The van der Waals surface area contributed by atoms with Crippen LogP contribution >= 0.6 is 0 Å². The molecule has 0 spiro atoms. The van der Waals surface area contributed by atoms with Gasteiger partial charge in [0.1, 0.15) is 11.4 Å². The lowest BCUT2D eigenvalue weighted by atomic mass is 10.1. The Morgan fingerprint density at radius 3 is 2.45 bits per heavy atom. The average Bonchev–Trinajstić information content (AvgIpc) is 2.82. The highest BCUT2D eigenvalue weighted by atomic mass is 16.5. The number of anilines is 1. The SMILES string of the molecule is COC(=O)c1c(C)[nH]c(C(=O)Nc2ccccc2OC)c1C. The molecule has 2 N–H and O–H groups in total. The van der Waals surface area contributed by atoms with Gasteiger partial charge in [-0.25, -0.2) is 4.79 Å². The maximum atomic E-state index is 12.4. The molecule has 22 heavy (non-hydrogen) atoms. The summed E-state index contributed by atoms with van der Waals surface area (Å²) in [6.45, 7) is 3.42. The number of esters is 1. The van der Waals surface area contributed by atoms with E-state index >= 15 is 0 Å². The highest BCUT2D eigenvalue weighted by molar-refractivity contribution is 6.07. The minimum atomic E-state index is -0.470. The van der Waals surface area contributed by atoms with E-state index in [0.29, 0.717) is 34.0 Å². The largest absolute Gasteiger partial charge is 0.495 e. The van der Waals surface area contributed by atoms with Crippen LogP contribution in [0.2, 0.25) is 0 Å². The number of methoxy groups -OCH3 is 2. The molecule has 0 saturated carbocycles. The first kappa shape index (κ1) is 15.6. The van der Waals surface area contributed by atoms with Gasteiger partial charge < -0.3 is 19.8 Å². The van der Waals surface area contributed by atoms with Crippen LogP contribution in [0.4, 0.5) is 5.69 Å². The first-order valence-corrected chi connectivity index (χ1v) is 6.71. The van der Waals surface area contributed by atoms with Crippen molar-refractivity contribution in [3.05, 3.63) is 46.8 Å². The molecule has 6 heteroatoms. The molecule has 2 aromatic rings. The van der Waals surface area contributed by atoms with Crippen molar-refractivity contribution in [3.63, 3.8) is 0 Å². The summed E-state index contributed by atoms with van der Waals surface area (Å²) in [5, 5.41) is 2.77. The second kappa shape index (κ2) is 6.34. The van der Waals surface area contributed by atoms with Gasteiger partial charge in [-0.3, -0.25) is 4.79 Å². The van der Waals surface area contributed by atoms with Gasteiger partial charge in [0.25, 0.3) is 5.91 Å². The van der Waals surface area contributed by atoms with Crippen LogP contribution in [-0.4, -0.2) is 31.1 Å². The van der Waals surface area contributed by atoms with Gasteiger partial charge in [0.2, 0.25) is 0 Å². The Morgan fingerprint density at radius 2 is 1.82 bits per heavy atom. The fourth-order valence-electron chi connectivity index (χ4n) is 2.32. The Hall–Kier alpha value is -2.76. The Morgan fingerprint density at radius 1 is 1.14 bits per heavy atom. The van der Waals surface area contributed by atoms with Crippen LogP contribution in [-0.2, 0) is 4.74 Å². The zero-order chi connectivity index (χ0) is 16.3. The van der Waals surface area contributed by atoms with Crippen molar-refractivity contribution < 1.29 is 19.1 Å². The fourth-order valence-corrected chi connectivity index (χ4v) is 2.32. The summed E-state index contributed by atoms with van der Waals surface area (Å²) in [4.78, 5) is 27.1. The van der Waals surface area contributed by atoms with Gasteiger partial charge in [0, 0.05) is 5.69 Å². The molecule has 0 fully saturated rings. The molecule has 1 aromatic carbocycles. The van der Waals surface area contributed by atoms with Gasteiger partial charge in [-0.15, -0.1) is 0 Å². The predicted octanol–water partition coefficient (Wildman–Crippen LogP) is 2.68. The third kappa shape index (κ3) is 2.81. The van der Waals surface area contributed by atoms with E-state index in [2.05, 4.69) is 10.3 Å². The summed E-state index contributed by atoms with van der Waals surface area (Å²) < 4.78 is 9.93. The summed E-state index contributed by atoms with van der Waals surface area (Å²) in [5.41, 5.74) is 2.41. The lowest BCUT2D eigenvalue weighted by Gasteiger charge is -2.09. The Kier molecular flexibility index (Phi) is 4.50. The van der Waals surface area contributed by atoms with Gasteiger partial charge in [0.05, 0.1) is 25.5 Å². The zero-order valence-corrected chi connectivity index (χ0v) is 12.9. The maximum absolute atomic E-state index is 12.4. The predicted molar refractivity (Wildman–Crippen MR) is 82.6 cm³/mol. The number of aryl methyl sites for hydroxylation is 1. The minimum absolute atomic E-state index is 0.323. The van der Waals surface area contributed by atoms with E-state index in [1.165, 1.54) is 14.2 Å². The standard InChI is InChI=1S/C16H18N2O4/c1-9-13(16(20)22-4)10(2)17-14(9)15(19)18-11-7-5-6-8-12(11)21-3/h5-8,17H,1-4H3,(H,18,19). The molecular formula is C16H18N2O4. The van der Waals surface area contributed by atoms with Crippen LogP contribution in [0.5, 0.6) is 5.75 Å². The molecule has 0 atom stereocenters. The normalized spacial score (nSPS) is 10.2. The number of hydrogen-bond donors (Lipinski definition) is 2. The van der Waals surface area contributed by atoms with Gasteiger partial charge in [-0.05, 0) is 31.5 Å². The van der Waals surface area contributed by atoms with Crippen LogP contribution < -0.4 is 10.1 Å². The highest BCUT2D eigenvalue weighted by Crippen LogP contribution is 2.25. The van der Waals surface area contributed by atoms with Crippen molar-refractivity contribution in [3.8, 4) is 5.75 Å². The third-order valence-corrected chi connectivity index (χ3v) is 3.41. The van der Waals surface area contributed by atoms with Gasteiger partial charge in [-0.2, -0.15) is 0 Å². The summed E-state index contributed by atoms with van der Waals surface area (Å²) in [5.74, 6) is -0.257. The summed E-state index contributed by atoms with van der Waals surface area (Å²) in [6.07, 6.45) is 0. The van der Waals surface area contributed by atoms with Gasteiger partial charge >= 0.3 is 5.97 Å². The first-order valence-electron chi connectivity index (χ1n) is 6.71. The van der Waals surface area contributed by atoms with E-state index in [0.717, 1.165) is 0 Å². The number of hydrogen-bond acceptors (Lipinski definition) is 4. The molecule has 0 aliphatic carbocycles. The molecule has 1 amide bonds. The van der Waals surface area contributed by atoms with E-state index in [-0.39, 0.29) is 5.91 Å². The quantitative estimate of drug-likeness (QED) is 0.851. The number of benzene rings is 1. The van der Waals surface area contributed by atoms with Crippen LogP contribution in [0.15, 0.2) is 24.3 Å². The molecule has 0 saturated heterocycles. The van der Waals surface area contributed by atoms with Crippen molar-refractivity contribution in [2.45, 2.75) is 13.8 Å². The molecule has 116 valence electrons.